The molecular weight excluding hydrogens is 356 g/mol. The van der Waals surface area contributed by atoms with Crippen LogP contribution in [-0.2, 0) is 0 Å². The van der Waals surface area contributed by atoms with Crippen LogP contribution in [0.5, 0.6) is 0 Å². The van der Waals surface area contributed by atoms with Gasteiger partial charge in [0.15, 0.2) is 5.78 Å². The Hall–Kier alpha value is -1.15. The van der Waals surface area contributed by atoms with E-state index in [0.29, 0.717) is 5.78 Å². The first-order chi connectivity index (χ1) is 13.8. The molecule has 2 nitrogen and oxygen atoms in total. The second-order valence-electron chi connectivity index (χ2n) is 11.6. The third-order valence-electron chi connectivity index (χ3n) is 9.89. The number of Topliss-reactive ketones (excluding diaryl/α,β-unsaturated/α-hetero) is 1. The van der Waals surface area contributed by atoms with E-state index in [1.807, 2.05) is 19.1 Å². The second kappa shape index (κ2) is 6.94. The predicted octanol–water partition coefficient (Wildman–Crippen LogP) is 6.20. The molecule has 0 heterocycles. The van der Waals surface area contributed by atoms with Gasteiger partial charge in [0, 0.05) is 11.5 Å². The summed E-state index contributed by atoms with van der Waals surface area (Å²) in [6.45, 7) is 6.59. The number of aliphatic hydroxyl groups is 1. The van der Waals surface area contributed by atoms with Gasteiger partial charge < -0.3 is 5.11 Å². The molecule has 0 aliphatic heterocycles. The highest BCUT2D eigenvalue weighted by atomic mass is 16.3. The average Bonchev–Trinajstić information content (AvgIpc) is 3.04. The van der Waals surface area contributed by atoms with Crippen LogP contribution >= 0.6 is 0 Å². The predicted molar refractivity (Wildman–Crippen MR) is 117 cm³/mol. The largest absolute Gasteiger partial charge is 0.390 e. The van der Waals surface area contributed by atoms with Crippen LogP contribution in [0.25, 0.3) is 0 Å². The van der Waals surface area contributed by atoms with Crippen LogP contribution in [0.4, 0.5) is 0 Å². The molecule has 1 aromatic carbocycles. The summed E-state index contributed by atoms with van der Waals surface area (Å²) >= 11 is 0. The highest BCUT2D eigenvalue weighted by molar-refractivity contribution is 5.98. The smallest absolute Gasteiger partial charge is 0.166 e. The number of hydrogen-bond donors (Lipinski definition) is 1. The molecule has 2 heteroatoms. The number of hydrogen-bond acceptors (Lipinski definition) is 2. The van der Waals surface area contributed by atoms with Crippen molar-refractivity contribution in [1.82, 2.24) is 0 Å². The quantitative estimate of drug-likeness (QED) is 0.607. The Labute approximate surface area is 176 Å². The minimum atomic E-state index is -0.434. The molecule has 0 radical (unpaired) electrons. The Morgan fingerprint density at radius 2 is 1.62 bits per heavy atom. The van der Waals surface area contributed by atoms with Gasteiger partial charge in [0.1, 0.15) is 0 Å². The van der Waals surface area contributed by atoms with Gasteiger partial charge in [0.2, 0.25) is 0 Å². The summed E-state index contributed by atoms with van der Waals surface area (Å²) in [5.74, 6) is 4.55. The summed E-state index contributed by atoms with van der Waals surface area (Å²) in [4.78, 5) is 13.5. The minimum Gasteiger partial charge on any atom is -0.390 e. The Kier molecular flexibility index (Phi) is 4.74. The van der Waals surface area contributed by atoms with E-state index in [9.17, 15) is 9.90 Å². The standard InChI is InChI=1S/C27H38O2/c1-17-4-6-18(7-5-17)25(28)24-11-10-23-22-9-8-19-16-26(2,29)14-12-20(19)21(22)13-15-27(23,24)3/h4-7,19-24,29H,8-16H2,1-3H3/t19-,20-,21+,22+,23-,24+,26+,27-/m0/s1. The van der Waals surface area contributed by atoms with E-state index in [2.05, 4.69) is 26.0 Å². The van der Waals surface area contributed by atoms with E-state index in [1.165, 1.54) is 44.1 Å². The van der Waals surface area contributed by atoms with Crippen molar-refractivity contribution in [3.05, 3.63) is 35.4 Å². The molecule has 29 heavy (non-hydrogen) atoms. The van der Waals surface area contributed by atoms with Gasteiger partial charge in [-0.2, -0.15) is 0 Å². The minimum absolute atomic E-state index is 0.191. The molecule has 0 bridgehead atoms. The lowest BCUT2D eigenvalue weighted by molar-refractivity contribution is -0.0976. The number of fused-ring (bicyclic) bond motifs is 5. The van der Waals surface area contributed by atoms with Crippen LogP contribution in [0, 0.1) is 47.8 Å². The van der Waals surface area contributed by atoms with Crippen LogP contribution in [0.2, 0.25) is 0 Å². The third kappa shape index (κ3) is 3.21. The van der Waals surface area contributed by atoms with Gasteiger partial charge in [-0.1, -0.05) is 36.8 Å². The zero-order valence-corrected chi connectivity index (χ0v) is 18.5. The number of benzene rings is 1. The van der Waals surface area contributed by atoms with E-state index in [4.69, 9.17) is 0 Å². The van der Waals surface area contributed by atoms with Gasteiger partial charge in [0.05, 0.1) is 5.60 Å². The number of carbonyl (C=O) groups excluding carboxylic acids is 1. The summed E-state index contributed by atoms with van der Waals surface area (Å²) < 4.78 is 0. The number of aryl methyl sites for hydroxylation is 1. The Bertz CT molecular complexity index is 778. The van der Waals surface area contributed by atoms with E-state index in [0.717, 1.165) is 54.4 Å². The second-order valence-corrected chi connectivity index (χ2v) is 11.6. The van der Waals surface area contributed by atoms with E-state index >= 15 is 0 Å². The summed E-state index contributed by atoms with van der Waals surface area (Å²) in [5, 5.41) is 10.6. The maximum Gasteiger partial charge on any atom is 0.166 e. The van der Waals surface area contributed by atoms with Crippen LogP contribution < -0.4 is 0 Å². The maximum atomic E-state index is 13.5. The maximum absolute atomic E-state index is 13.5. The molecular formula is C27H38O2. The normalized spacial score (nSPS) is 46.5. The molecule has 5 rings (SSSR count). The van der Waals surface area contributed by atoms with E-state index in [-0.39, 0.29) is 11.3 Å². The van der Waals surface area contributed by atoms with Crippen LogP contribution in [0.1, 0.15) is 87.6 Å². The van der Waals surface area contributed by atoms with Crippen molar-refractivity contribution in [3.63, 3.8) is 0 Å². The first-order valence-corrected chi connectivity index (χ1v) is 12.1. The molecule has 4 aliphatic rings. The van der Waals surface area contributed by atoms with Crippen molar-refractivity contribution in [3.8, 4) is 0 Å². The van der Waals surface area contributed by atoms with Gasteiger partial charge in [-0.3, -0.25) is 4.79 Å². The lowest BCUT2D eigenvalue weighted by atomic mass is 9.49. The number of rotatable bonds is 2. The van der Waals surface area contributed by atoms with Crippen LogP contribution in [0.15, 0.2) is 24.3 Å². The monoisotopic (exact) mass is 394 g/mol. The fraction of sp³-hybridized carbons (Fsp3) is 0.741. The topological polar surface area (TPSA) is 37.3 Å². The third-order valence-corrected chi connectivity index (χ3v) is 9.89. The molecule has 0 spiro atoms. The molecule has 0 unspecified atom stereocenters. The summed E-state index contributed by atoms with van der Waals surface area (Å²) in [6.07, 6.45) is 10.7. The van der Waals surface area contributed by atoms with Crippen molar-refractivity contribution in [2.75, 3.05) is 0 Å². The van der Waals surface area contributed by atoms with Crippen molar-refractivity contribution in [2.24, 2.45) is 40.9 Å². The molecule has 4 fully saturated rings. The van der Waals surface area contributed by atoms with Gasteiger partial charge in [-0.25, -0.2) is 0 Å². The first kappa shape index (κ1) is 19.8. The lowest BCUT2D eigenvalue weighted by Gasteiger charge is -2.56. The molecule has 0 saturated heterocycles. The van der Waals surface area contributed by atoms with E-state index < -0.39 is 5.60 Å². The van der Waals surface area contributed by atoms with Gasteiger partial charge in [-0.15, -0.1) is 0 Å². The molecule has 0 aromatic heterocycles. The fourth-order valence-electron chi connectivity index (χ4n) is 8.43. The SMILES string of the molecule is Cc1ccc(C(=O)[C@H]2CC[C@H]3[C@@H]4CC[C@H]5C[C@](C)(O)CC[C@@H]5[C@H]4CC[C@]23C)cc1. The summed E-state index contributed by atoms with van der Waals surface area (Å²) in [6, 6.07) is 8.24. The Balaban J connectivity index is 1.36. The fourth-order valence-corrected chi connectivity index (χ4v) is 8.43. The lowest BCUT2D eigenvalue weighted by Crippen LogP contribution is -2.51. The highest BCUT2D eigenvalue weighted by Gasteiger charge is 2.58. The van der Waals surface area contributed by atoms with Crippen molar-refractivity contribution in [1.29, 1.82) is 0 Å². The zero-order valence-electron chi connectivity index (χ0n) is 18.5. The van der Waals surface area contributed by atoms with Crippen molar-refractivity contribution in [2.45, 2.75) is 84.2 Å². The summed E-state index contributed by atoms with van der Waals surface area (Å²) in [7, 11) is 0. The molecule has 4 saturated carbocycles. The van der Waals surface area contributed by atoms with Crippen LogP contribution in [0.3, 0.4) is 0 Å². The first-order valence-electron chi connectivity index (χ1n) is 12.1. The molecule has 4 aliphatic carbocycles. The molecule has 158 valence electrons. The molecule has 1 aromatic rings. The number of ketones is 1. The van der Waals surface area contributed by atoms with Gasteiger partial charge in [-0.05, 0) is 107 Å². The molecule has 0 amide bonds. The molecule has 1 N–H and O–H groups in total. The molecule has 8 atom stereocenters. The number of carbonyl (C=O) groups is 1. The zero-order chi connectivity index (χ0) is 20.4. The Morgan fingerprint density at radius 3 is 2.38 bits per heavy atom. The summed E-state index contributed by atoms with van der Waals surface area (Å²) in [5.41, 5.74) is 1.90. The average molecular weight is 395 g/mol. The van der Waals surface area contributed by atoms with Crippen LogP contribution in [-0.4, -0.2) is 16.5 Å². The van der Waals surface area contributed by atoms with Crippen molar-refractivity contribution < 1.29 is 9.90 Å². The van der Waals surface area contributed by atoms with Crippen molar-refractivity contribution >= 4 is 5.78 Å². The van der Waals surface area contributed by atoms with Gasteiger partial charge >= 0.3 is 0 Å². The highest BCUT2D eigenvalue weighted by Crippen LogP contribution is 2.64. The Morgan fingerprint density at radius 1 is 0.897 bits per heavy atom. The van der Waals surface area contributed by atoms with Gasteiger partial charge in [0.25, 0.3) is 0 Å². The van der Waals surface area contributed by atoms with E-state index in [1.54, 1.807) is 0 Å².